The molecular weight excluding hydrogens is 243 g/mol. The van der Waals surface area contributed by atoms with Gasteiger partial charge in [-0.3, -0.25) is 0 Å². The van der Waals surface area contributed by atoms with Gasteiger partial charge >= 0.3 is 0 Å². The summed E-state index contributed by atoms with van der Waals surface area (Å²) in [6.45, 7) is 3.42. The Hall–Kier alpha value is -0.640. The lowest BCUT2D eigenvalue weighted by Crippen LogP contribution is -2.38. The minimum absolute atomic E-state index is 0.0379. The van der Waals surface area contributed by atoms with E-state index in [2.05, 4.69) is 0 Å². The van der Waals surface area contributed by atoms with E-state index in [1.807, 2.05) is 13.8 Å². The molecule has 0 aliphatic carbocycles. The highest BCUT2D eigenvalue weighted by Crippen LogP contribution is 2.32. The average Bonchev–Trinajstić information content (AvgIpc) is 2.30. The third kappa shape index (κ3) is 3.18. The Morgan fingerprint density at radius 1 is 1.29 bits per heavy atom. The Balaban J connectivity index is 3.05. The summed E-state index contributed by atoms with van der Waals surface area (Å²) in [5.41, 5.74) is -0.291. The topological polar surface area (TPSA) is 40.5 Å². The quantitative estimate of drug-likeness (QED) is 0.855. The van der Waals surface area contributed by atoms with E-state index in [1.165, 1.54) is 12.1 Å². The van der Waals surface area contributed by atoms with E-state index in [-0.39, 0.29) is 31.4 Å². The third-order valence-corrected chi connectivity index (χ3v) is 3.64. The van der Waals surface area contributed by atoms with Gasteiger partial charge < -0.3 is 10.2 Å². The molecule has 0 bridgehead atoms. The van der Waals surface area contributed by atoms with Gasteiger partial charge in [0.1, 0.15) is 5.82 Å². The predicted octanol–water partition coefficient (Wildman–Crippen LogP) is 2.65. The third-order valence-electron chi connectivity index (χ3n) is 3.40. The van der Waals surface area contributed by atoms with Crippen LogP contribution in [0.4, 0.5) is 4.39 Å². The van der Waals surface area contributed by atoms with Crippen molar-refractivity contribution < 1.29 is 14.6 Å². The minimum Gasteiger partial charge on any atom is -0.396 e. The average molecular weight is 261 g/mol. The Morgan fingerprint density at radius 2 is 1.88 bits per heavy atom. The number of halogens is 2. The molecule has 0 unspecified atom stereocenters. The molecule has 17 heavy (non-hydrogen) atoms. The normalized spacial score (nSPS) is 12.2. The maximum atomic E-state index is 13.6. The van der Waals surface area contributed by atoms with Crippen LogP contribution in [0.3, 0.4) is 0 Å². The summed E-state index contributed by atoms with van der Waals surface area (Å²) >= 11 is 5.82. The second-order valence-corrected chi connectivity index (χ2v) is 5.18. The summed E-state index contributed by atoms with van der Waals surface area (Å²) in [7, 11) is 0. The molecule has 0 aromatic heterocycles. The molecule has 0 amide bonds. The molecule has 0 heterocycles. The van der Waals surface area contributed by atoms with Crippen LogP contribution in [-0.4, -0.2) is 23.4 Å². The van der Waals surface area contributed by atoms with Crippen LogP contribution in [0.25, 0.3) is 0 Å². The number of aliphatic hydroxyl groups is 2. The molecule has 1 aromatic carbocycles. The lowest BCUT2D eigenvalue weighted by Gasteiger charge is -2.34. The van der Waals surface area contributed by atoms with E-state index in [1.54, 1.807) is 6.07 Å². The summed E-state index contributed by atoms with van der Waals surface area (Å²) < 4.78 is 13.6. The van der Waals surface area contributed by atoms with Crippen LogP contribution in [0.15, 0.2) is 18.2 Å². The zero-order chi connectivity index (χ0) is 13.1. The molecule has 0 radical (unpaired) electrons. The van der Waals surface area contributed by atoms with Crippen LogP contribution in [0.1, 0.15) is 19.4 Å². The zero-order valence-electron chi connectivity index (χ0n) is 10.1. The standard InChI is InChI=1S/C13H18ClFO2/c1-9(2)13(7-16,8-17)6-10-5-11(14)3-4-12(10)15/h3-5,9,16-17H,6-8H2,1-2H3. The summed E-state index contributed by atoms with van der Waals surface area (Å²) in [5, 5.41) is 19.4. The molecule has 0 aliphatic rings. The fourth-order valence-corrected chi connectivity index (χ4v) is 1.98. The van der Waals surface area contributed by atoms with Crippen LogP contribution in [0.5, 0.6) is 0 Å². The molecule has 0 saturated heterocycles. The molecule has 0 spiro atoms. The highest BCUT2D eigenvalue weighted by molar-refractivity contribution is 6.30. The summed E-state index contributed by atoms with van der Waals surface area (Å²) in [6.07, 6.45) is 0.268. The van der Waals surface area contributed by atoms with Crippen molar-refractivity contribution in [2.75, 3.05) is 13.2 Å². The molecule has 2 nitrogen and oxygen atoms in total. The van der Waals surface area contributed by atoms with Crippen LogP contribution in [0, 0.1) is 17.2 Å². The lowest BCUT2D eigenvalue weighted by molar-refractivity contribution is 0.0157. The van der Waals surface area contributed by atoms with E-state index in [0.717, 1.165) is 0 Å². The second-order valence-electron chi connectivity index (χ2n) is 4.75. The van der Waals surface area contributed by atoms with Crippen molar-refractivity contribution in [2.45, 2.75) is 20.3 Å². The molecule has 1 rings (SSSR count). The number of hydrogen-bond donors (Lipinski definition) is 2. The van der Waals surface area contributed by atoms with Crippen molar-refractivity contribution in [1.29, 1.82) is 0 Å². The highest BCUT2D eigenvalue weighted by Gasteiger charge is 2.33. The Bertz CT molecular complexity index is 376. The van der Waals surface area contributed by atoms with Gasteiger partial charge in [0.15, 0.2) is 0 Å². The van der Waals surface area contributed by atoms with Gasteiger partial charge in [-0.25, -0.2) is 4.39 Å². The van der Waals surface area contributed by atoms with Crippen molar-refractivity contribution >= 4 is 11.6 Å². The van der Waals surface area contributed by atoms with Crippen LogP contribution >= 0.6 is 11.6 Å². The van der Waals surface area contributed by atoms with Gasteiger partial charge in [-0.15, -0.1) is 0 Å². The minimum atomic E-state index is -0.717. The molecule has 1 aromatic rings. The smallest absolute Gasteiger partial charge is 0.126 e. The Morgan fingerprint density at radius 3 is 2.35 bits per heavy atom. The first-order valence-corrected chi connectivity index (χ1v) is 5.98. The molecule has 96 valence electrons. The number of benzene rings is 1. The second kappa shape index (κ2) is 5.80. The molecule has 0 aliphatic heterocycles. The van der Waals surface area contributed by atoms with E-state index in [0.29, 0.717) is 10.6 Å². The van der Waals surface area contributed by atoms with Gasteiger partial charge in [0.25, 0.3) is 0 Å². The van der Waals surface area contributed by atoms with Crippen molar-refractivity contribution in [2.24, 2.45) is 11.3 Å². The summed E-state index contributed by atoms with van der Waals surface area (Å²) in [5.74, 6) is -0.322. The fourth-order valence-electron chi connectivity index (χ4n) is 1.79. The number of aliphatic hydroxyl groups excluding tert-OH is 2. The summed E-state index contributed by atoms with van der Waals surface area (Å²) in [4.78, 5) is 0. The van der Waals surface area contributed by atoms with Gasteiger partial charge in [0.2, 0.25) is 0 Å². The van der Waals surface area contributed by atoms with Crippen molar-refractivity contribution in [3.8, 4) is 0 Å². The van der Waals surface area contributed by atoms with Crippen LogP contribution in [-0.2, 0) is 6.42 Å². The summed E-state index contributed by atoms with van der Waals surface area (Å²) in [6, 6.07) is 4.33. The SMILES string of the molecule is CC(C)C(CO)(CO)Cc1cc(Cl)ccc1F. The first-order chi connectivity index (χ1) is 7.95. The van der Waals surface area contributed by atoms with E-state index in [9.17, 15) is 14.6 Å². The fraction of sp³-hybridized carbons (Fsp3) is 0.538. The van der Waals surface area contributed by atoms with Crippen molar-refractivity contribution in [3.63, 3.8) is 0 Å². The molecular formula is C13H18ClFO2. The van der Waals surface area contributed by atoms with Gasteiger partial charge in [-0.2, -0.15) is 0 Å². The van der Waals surface area contributed by atoms with Crippen LogP contribution in [0.2, 0.25) is 5.02 Å². The molecule has 0 atom stereocenters. The Labute approximate surface area is 106 Å². The molecule has 0 fully saturated rings. The van der Waals surface area contributed by atoms with Gasteiger partial charge in [-0.05, 0) is 36.1 Å². The van der Waals surface area contributed by atoms with Gasteiger partial charge in [-0.1, -0.05) is 25.4 Å². The largest absolute Gasteiger partial charge is 0.396 e. The van der Waals surface area contributed by atoms with Crippen LogP contribution < -0.4 is 0 Å². The lowest BCUT2D eigenvalue weighted by atomic mass is 9.74. The van der Waals surface area contributed by atoms with Gasteiger partial charge in [0.05, 0.1) is 13.2 Å². The maximum Gasteiger partial charge on any atom is 0.126 e. The van der Waals surface area contributed by atoms with E-state index >= 15 is 0 Å². The first-order valence-electron chi connectivity index (χ1n) is 5.61. The maximum absolute atomic E-state index is 13.6. The molecule has 2 N–H and O–H groups in total. The van der Waals surface area contributed by atoms with Crippen molar-refractivity contribution in [3.05, 3.63) is 34.6 Å². The molecule has 0 saturated carbocycles. The van der Waals surface area contributed by atoms with Gasteiger partial charge in [0, 0.05) is 10.4 Å². The highest BCUT2D eigenvalue weighted by atomic mass is 35.5. The monoisotopic (exact) mass is 260 g/mol. The first kappa shape index (κ1) is 14.4. The van der Waals surface area contributed by atoms with E-state index < -0.39 is 5.41 Å². The van der Waals surface area contributed by atoms with E-state index in [4.69, 9.17) is 11.6 Å². The number of rotatable bonds is 5. The van der Waals surface area contributed by atoms with Crippen molar-refractivity contribution in [1.82, 2.24) is 0 Å². The Kier molecular flexibility index (Phi) is 4.92. The molecule has 4 heteroatoms. The number of hydrogen-bond acceptors (Lipinski definition) is 2. The zero-order valence-corrected chi connectivity index (χ0v) is 10.8. The predicted molar refractivity (Wildman–Crippen MR) is 66.6 cm³/mol.